The molecule has 0 radical (unpaired) electrons. The second-order valence-electron chi connectivity index (χ2n) is 7.03. The van der Waals surface area contributed by atoms with Gasteiger partial charge in [-0.2, -0.15) is 0 Å². The van der Waals surface area contributed by atoms with Crippen molar-refractivity contribution in [3.63, 3.8) is 0 Å². The summed E-state index contributed by atoms with van der Waals surface area (Å²) in [4.78, 5) is 20.4. The van der Waals surface area contributed by atoms with E-state index < -0.39 is 0 Å². The van der Waals surface area contributed by atoms with E-state index >= 15 is 0 Å². The number of carbonyl (C=O) groups excluding carboxylic acids is 1. The van der Waals surface area contributed by atoms with Crippen molar-refractivity contribution in [3.05, 3.63) is 10.6 Å². The summed E-state index contributed by atoms with van der Waals surface area (Å²) in [6.07, 6.45) is 6.56. The van der Waals surface area contributed by atoms with Gasteiger partial charge in [-0.15, -0.1) is 11.3 Å². The predicted molar refractivity (Wildman–Crippen MR) is 95.1 cm³/mol. The van der Waals surface area contributed by atoms with Crippen LogP contribution in [0.4, 0.5) is 9.93 Å². The van der Waals surface area contributed by atoms with Gasteiger partial charge in [-0.05, 0) is 58.9 Å². The van der Waals surface area contributed by atoms with Crippen LogP contribution in [0.2, 0.25) is 0 Å². The van der Waals surface area contributed by atoms with Crippen molar-refractivity contribution in [2.24, 2.45) is 5.92 Å². The number of anilines is 1. The number of urea groups is 1. The Bertz CT molecular complexity index is 535. The van der Waals surface area contributed by atoms with Gasteiger partial charge in [0.2, 0.25) is 0 Å². The normalized spacial score (nSPS) is 24.0. The van der Waals surface area contributed by atoms with E-state index in [9.17, 15) is 4.79 Å². The molecule has 0 aromatic carbocycles. The lowest BCUT2D eigenvalue weighted by Crippen LogP contribution is -2.51. The molecule has 6 heteroatoms. The second-order valence-corrected chi connectivity index (χ2v) is 8.23. The molecular formula is C17H28N4OS. The minimum absolute atomic E-state index is 0.132. The van der Waals surface area contributed by atoms with Crippen LogP contribution in [0.5, 0.6) is 0 Å². The van der Waals surface area contributed by atoms with E-state index in [1.807, 2.05) is 13.8 Å². The lowest BCUT2D eigenvalue weighted by Gasteiger charge is -2.43. The maximum absolute atomic E-state index is 12.2. The van der Waals surface area contributed by atoms with Crippen LogP contribution in [0.3, 0.4) is 0 Å². The van der Waals surface area contributed by atoms with Crippen LogP contribution < -0.4 is 10.6 Å². The van der Waals surface area contributed by atoms with Gasteiger partial charge < -0.3 is 10.2 Å². The topological polar surface area (TPSA) is 57.3 Å². The summed E-state index contributed by atoms with van der Waals surface area (Å²) in [7, 11) is 0. The Hall–Kier alpha value is -1.14. The number of thiazole rings is 1. The number of amides is 2. The number of carbonyl (C=O) groups is 1. The van der Waals surface area contributed by atoms with Crippen LogP contribution in [-0.2, 0) is 0 Å². The molecule has 1 saturated carbocycles. The highest BCUT2D eigenvalue weighted by Crippen LogP contribution is 2.30. The van der Waals surface area contributed by atoms with Gasteiger partial charge in [0, 0.05) is 23.5 Å². The molecule has 2 amide bonds. The summed E-state index contributed by atoms with van der Waals surface area (Å²) in [6.45, 7) is 8.48. The standard InChI is InChI=1S/C17H28N4OS/c1-11-13(3)23-17(19-11)20-16(22)18-12(2)14-6-5-9-21(10-14)15-7-4-8-15/h12,14-15H,4-10H2,1-3H3,(H2,18,19,20,22). The molecule has 3 rings (SSSR count). The number of aryl methyl sites for hydroxylation is 2. The minimum Gasteiger partial charge on any atom is -0.335 e. The Morgan fingerprint density at radius 3 is 2.70 bits per heavy atom. The van der Waals surface area contributed by atoms with Gasteiger partial charge in [0.05, 0.1) is 5.69 Å². The van der Waals surface area contributed by atoms with Crippen molar-refractivity contribution >= 4 is 22.5 Å². The van der Waals surface area contributed by atoms with Gasteiger partial charge in [-0.25, -0.2) is 9.78 Å². The monoisotopic (exact) mass is 336 g/mol. The van der Waals surface area contributed by atoms with Gasteiger partial charge in [0.15, 0.2) is 5.13 Å². The van der Waals surface area contributed by atoms with Gasteiger partial charge in [0.25, 0.3) is 0 Å². The maximum atomic E-state index is 12.2. The predicted octanol–water partition coefficient (Wildman–Crippen LogP) is 3.53. The summed E-state index contributed by atoms with van der Waals surface area (Å²) in [5.41, 5.74) is 0.988. The van der Waals surface area contributed by atoms with E-state index in [1.165, 1.54) is 50.0 Å². The van der Waals surface area contributed by atoms with Crippen LogP contribution in [0.15, 0.2) is 0 Å². The summed E-state index contributed by atoms with van der Waals surface area (Å²) >= 11 is 1.53. The molecule has 0 spiro atoms. The number of aromatic nitrogens is 1. The van der Waals surface area contributed by atoms with E-state index in [0.717, 1.165) is 23.2 Å². The molecule has 2 atom stereocenters. The Kier molecular flexibility index (Phi) is 5.21. The SMILES string of the molecule is Cc1nc(NC(=O)NC(C)C2CCCN(C3CCC3)C2)sc1C. The number of nitrogens with zero attached hydrogens (tertiary/aromatic N) is 2. The zero-order valence-electron chi connectivity index (χ0n) is 14.4. The van der Waals surface area contributed by atoms with E-state index in [2.05, 4.69) is 27.4 Å². The molecule has 23 heavy (non-hydrogen) atoms. The third kappa shape index (κ3) is 4.04. The minimum atomic E-state index is -0.132. The van der Waals surface area contributed by atoms with Gasteiger partial charge in [-0.3, -0.25) is 5.32 Å². The zero-order chi connectivity index (χ0) is 16.4. The Balaban J connectivity index is 1.49. The molecule has 1 saturated heterocycles. The van der Waals surface area contributed by atoms with Crippen LogP contribution in [0.25, 0.3) is 0 Å². The number of rotatable bonds is 4. The van der Waals surface area contributed by atoms with Crippen molar-refractivity contribution in [2.75, 3.05) is 18.4 Å². The number of piperidine rings is 1. The highest BCUT2D eigenvalue weighted by Gasteiger charge is 2.31. The molecule has 2 heterocycles. The summed E-state index contributed by atoms with van der Waals surface area (Å²) in [5, 5.41) is 6.67. The van der Waals surface area contributed by atoms with E-state index in [1.54, 1.807) is 0 Å². The first-order valence-corrected chi connectivity index (χ1v) is 9.60. The molecule has 128 valence electrons. The molecule has 2 fully saturated rings. The molecule has 0 bridgehead atoms. The van der Waals surface area contributed by atoms with Crippen LogP contribution in [-0.4, -0.2) is 41.1 Å². The molecule has 1 aliphatic heterocycles. The Labute approximate surface area is 142 Å². The van der Waals surface area contributed by atoms with Gasteiger partial charge in [0.1, 0.15) is 0 Å². The average molecular weight is 337 g/mol. The molecule has 2 N–H and O–H groups in total. The number of hydrogen-bond donors (Lipinski definition) is 2. The third-order valence-electron chi connectivity index (χ3n) is 5.40. The zero-order valence-corrected chi connectivity index (χ0v) is 15.2. The smallest absolute Gasteiger partial charge is 0.321 e. The lowest BCUT2D eigenvalue weighted by atomic mass is 9.86. The summed E-state index contributed by atoms with van der Waals surface area (Å²) in [6, 6.07) is 0.868. The Morgan fingerprint density at radius 1 is 1.30 bits per heavy atom. The highest BCUT2D eigenvalue weighted by molar-refractivity contribution is 7.15. The van der Waals surface area contributed by atoms with Crippen molar-refractivity contribution in [1.29, 1.82) is 0 Å². The van der Waals surface area contributed by atoms with Gasteiger partial charge in [-0.1, -0.05) is 6.42 Å². The molecular weight excluding hydrogens is 308 g/mol. The van der Waals surface area contributed by atoms with Gasteiger partial charge >= 0.3 is 6.03 Å². The fourth-order valence-electron chi connectivity index (χ4n) is 3.52. The van der Waals surface area contributed by atoms with Crippen LogP contribution in [0.1, 0.15) is 49.6 Å². The van der Waals surface area contributed by atoms with E-state index in [4.69, 9.17) is 0 Å². The lowest BCUT2D eigenvalue weighted by molar-refractivity contribution is 0.0681. The van der Waals surface area contributed by atoms with Crippen molar-refractivity contribution < 1.29 is 4.79 Å². The first kappa shape index (κ1) is 16.7. The molecule has 2 unspecified atom stereocenters. The first-order chi connectivity index (χ1) is 11.0. The fraction of sp³-hybridized carbons (Fsp3) is 0.765. The maximum Gasteiger partial charge on any atom is 0.321 e. The number of nitrogens with one attached hydrogen (secondary N) is 2. The Morgan fingerprint density at radius 2 is 2.09 bits per heavy atom. The van der Waals surface area contributed by atoms with Crippen LogP contribution in [0, 0.1) is 19.8 Å². The largest absolute Gasteiger partial charge is 0.335 e. The van der Waals surface area contributed by atoms with E-state index in [0.29, 0.717) is 11.0 Å². The molecule has 1 aromatic rings. The summed E-state index contributed by atoms with van der Waals surface area (Å²) < 4.78 is 0. The van der Waals surface area contributed by atoms with E-state index in [-0.39, 0.29) is 12.1 Å². The van der Waals surface area contributed by atoms with Crippen molar-refractivity contribution in [1.82, 2.24) is 15.2 Å². The first-order valence-electron chi connectivity index (χ1n) is 8.78. The summed E-state index contributed by atoms with van der Waals surface area (Å²) in [5.74, 6) is 0.551. The molecule has 2 aliphatic rings. The molecule has 5 nitrogen and oxygen atoms in total. The van der Waals surface area contributed by atoms with Crippen LogP contribution >= 0.6 is 11.3 Å². The molecule has 1 aliphatic carbocycles. The van der Waals surface area contributed by atoms with Crippen molar-refractivity contribution in [3.8, 4) is 0 Å². The third-order valence-corrected chi connectivity index (χ3v) is 6.38. The van der Waals surface area contributed by atoms with Crippen molar-refractivity contribution in [2.45, 2.75) is 65.0 Å². The molecule has 1 aromatic heterocycles. The highest BCUT2D eigenvalue weighted by atomic mass is 32.1. The average Bonchev–Trinajstić information content (AvgIpc) is 2.75. The fourth-order valence-corrected chi connectivity index (χ4v) is 4.33. The second kappa shape index (κ2) is 7.18. The number of hydrogen-bond acceptors (Lipinski definition) is 4. The number of likely N-dealkylation sites (tertiary alicyclic amines) is 1. The quantitative estimate of drug-likeness (QED) is 0.884.